The number of hydrogen-bond acceptors (Lipinski definition) is 4. The average molecular weight is 220 g/mol. The van der Waals surface area contributed by atoms with Gasteiger partial charge in [-0.25, -0.2) is 4.79 Å². The summed E-state index contributed by atoms with van der Waals surface area (Å²) in [6, 6.07) is 0. The van der Waals surface area contributed by atoms with E-state index in [-0.39, 0.29) is 0 Å². The van der Waals surface area contributed by atoms with Crippen molar-refractivity contribution in [3.05, 3.63) is 15.5 Å². The number of esters is 1. The molecule has 0 atom stereocenters. The van der Waals surface area contributed by atoms with Crippen molar-refractivity contribution in [3.63, 3.8) is 0 Å². The molecule has 1 heterocycles. The molecule has 3 nitrogen and oxygen atoms in total. The third-order valence-electron chi connectivity index (χ3n) is 1.52. The Balaban J connectivity index is 3.06. The van der Waals surface area contributed by atoms with E-state index in [1.54, 1.807) is 6.92 Å². The van der Waals surface area contributed by atoms with Crippen LogP contribution in [0.15, 0.2) is 0 Å². The maximum atomic E-state index is 11.3. The van der Waals surface area contributed by atoms with Crippen molar-refractivity contribution in [2.24, 2.45) is 0 Å². The Bertz CT molecular complexity index is 335. The Morgan fingerprint density at radius 1 is 1.69 bits per heavy atom. The van der Waals surface area contributed by atoms with Crippen molar-refractivity contribution in [1.29, 1.82) is 0 Å². The molecule has 0 aliphatic rings. The highest BCUT2D eigenvalue weighted by atomic mass is 35.5. The molecule has 0 aromatic carbocycles. The first-order valence-electron chi connectivity index (χ1n) is 3.79. The molecule has 0 bridgehead atoms. The average Bonchev–Trinajstić information content (AvgIpc) is 2.27. The van der Waals surface area contributed by atoms with Gasteiger partial charge in [0.1, 0.15) is 10.6 Å². The predicted octanol–water partition coefficient (Wildman–Crippen LogP) is 2.47. The van der Waals surface area contributed by atoms with Gasteiger partial charge < -0.3 is 10.5 Å². The number of aryl methyl sites for hydroxylation is 1. The molecule has 0 unspecified atom stereocenters. The minimum atomic E-state index is -0.450. The molecule has 0 amide bonds. The van der Waals surface area contributed by atoms with Gasteiger partial charge in [0.2, 0.25) is 0 Å². The fraction of sp³-hybridized carbons (Fsp3) is 0.375. The molecule has 0 radical (unpaired) electrons. The first kappa shape index (κ1) is 10.3. The second-order valence-corrected chi connectivity index (χ2v) is 4.07. The smallest absolute Gasteiger partial charge is 0.342 e. The summed E-state index contributed by atoms with van der Waals surface area (Å²) in [4.78, 5) is 12.2. The van der Waals surface area contributed by atoms with Gasteiger partial charge >= 0.3 is 5.97 Å². The van der Waals surface area contributed by atoms with Gasteiger partial charge in [-0.05, 0) is 13.8 Å². The number of ether oxygens (including phenoxy) is 1. The van der Waals surface area contributed by atoms with E-state index in [2.05, 4.69) is 0 Å². The summed E-state index contributed by atoms with van der Waals surface area (Å²) in [5.41, 5.74) is 5.90. The van der Waals surface area contributed by atoms with E-state index in [0.717, 1.165) is 4.88 Å². The van der Waals surface area contributed by atoms with E-state index in [9.17, 15) is 4.79 Å². The molecule has 0 saturated heterocycles. The molecule has 1 aromatic heterocycles. The van der Waals surface area contributed by atoms with E-state index < -0.39 is 5.97 Å². The monoisotopic (exact) mass is 219 g/mol. The predicted molar refractivity (Wildman–Crippen MR) is 54.4 cm³/mol. The lowest BCUT2D eigenvalue weighted by molar-refractivity contribution is 0.0528. The number of nitrogens with two attached hydrogens (primary N) is 1. The molecule has 1 rings (SSSR count). The van der Waals surface area contributed by atoms with E-state index in [1.165, 1.54) is 11.3 Å². The minimum Gasteiger partial charge on any atom is -0.462 e. The third kappa shape index (κ3) is 1.95. The normalized spacial score (nSPS) is 10.1. The molecule has 0 aliphatic heterocycles. The highest BCUT2D eigenvalue weighted by Gasteiger charge is 2.19. The number of thiophene rings is 1. The number of anilines is 1. The van der Waals surface area contributed by atoms with Gasteiger partial charge in [0, 0.05) is 4.88 Å². The fourth-order valence-electron chi connectivity index (χ4n) is 0.938. The van der Waals surface area contributed by atoms with E-state index in [4.69, 9.17) is 22.1 Å². The van der Waals surface area contributed by atoms with Gasteiger partial charge in [0.15, 0.2) is 0 Å². The molecule has 0 aliphatic carbocycles. The Kier molecular flexibility index (Phi) is 3.17. The largest absolute Gasteiger partial charge is 0.462 e. The van der Waals surface area contributed by atoms with Crippen LogP contribution in [-0.4, -0.2) is 12.6 Å². The fourth-order valence-corrected chi connectivity index (χ4v) is 2.10. The van der Waals surface area contributed by atoms with Gasteiger partial charge in [0.25, 0.3) is 0 Å². The van der Waals surface area contributed by atoms with Crippen molar-refractivity contribution < 1.29 is 9.53 Å². The van der Waals surface area contributed by atoms with Crippen LogP contribution < -0.4 is 5.73 Å². The summed E-state index contributed by atoms with van der Waals surface area (Å²) < 4.78 is 4.81. The van der Waals surface area contributed by atoms with Crippen molar-refractivity contribution >= 4 is 33.9 Å². The van der Waals surface area contributed by atoms with E-state index in [0.29, 0.717) is 22.2 Å². The minimum absolute atomic E-state index is 0.297. The molecule has 5 heteroatoms. The molecule has 1 aromatic rings. The summed E-state index contributed by atoms with van der Waals surface area (Å²) in [5, 5.41) is 0.821. The van der Waals surface area contributed by atoms with Gasteiger partial charge in [-0.2, -0.15) is 0 Å². The van der Waals surface area contributed by atoms with Crippen molar-refractivity contribution in [2.45, 2.75) is 13.8 Å². The zero-order chi connectivity index (χ0) is 10.0. The van der Waals surface area contributed by atoms with Crippen LogP contribution >= 0.6 is 22.9 Å². The number of halogens is 1. The van der Waals surface area contributed by atoms with Crippen LogP contribution in [0.25, 0.3) is 0 Å². The summed E-state index contributed by atoms with van der Waals surface area (Å²) in [6.45, 7) is 3.87. The Morgan fingerprint density at radius 2 is 2.31 bits per heavy atom. The second kappa shape index (κ2) is 3.98. The molecule has 2 N–H and O–H groups in total. The van der Waals surface area contributed by atoms with Gasteiger partial charge in [-0.3, -0.25) is 0 Å². The van der Waals surface area contributed by atoms with E-state index >= 15 is 0 Å². The number of nitrogen functional groups attached to an aromatic ring is 1. The Morgan fingerprint density at radius 3 is 2.69 bits per heavy atom. The molecule has 0 spiro atoms. The van der Waals surface area contributed by atoms with Crippen molar-refractivity contribution in [2.75, 3.05) is 12.3 Å². The number of hydrogen-bond donors (Lipinski definition) is 1. The summed E-state index contributed by atoms with van der Waals surface area (Å²) in [6.07, 6.45) is 0. The van der Waals surface area contributed by atoms with Crippen LogP contribution in [0.2, 0.25) is 5.02 Å². The molecule has 13 heavy (non-hydrogen) atoms. The highest BCUT2D eigenvalue weighted by molar-refractivity contribution is 7.17. The van der Waals surface area contributed by atoms with Crippen LogP contribution in [0.3, 0.4) is 0 Å². The molecule has 0 fully saturated rings. The van der Waals surface area contributed by atoms with Crippen LogP contribution in [-0.2, 0) is 4.74 Å². The highest BCUT2D eigenvalue weighted by Crippen LogP contribution is 2.34. The number of carbonyl (C=O) groups is 1. The van der Waals surface area contributed by atoms with Crippen LogP contribution in [0.5, 0.6) is 0 Å². The summed E-state index contributed by atoms with van der Waals surface area (Å²) in [5.74, 6) is -0.450. The first-order valence-corrected chi connectivity index (χ1v) is 4.98. The topological polar surface area (TPSA) is 52.3 Å². The molecular weight excluding hydrogens is 210 g/mol. The van der Waals surface area contributed by atoms with Crippen molar-refractivity contribution in [3.8, 4) is 0 Å². The van der Waals surface area contributed by atoms with Crippen LogP contribution in [0, 0.1) is 6.92 Å². The SMILES string of the molecule is CCOC(=O)c1c(N)sc(C)c1Cl. The first-order chi connectivity index (χ1) is 6.07. The Labute approximate surface area is 85.4 Å². The summed E-state index contributed by atoms with van der Waals surface area (Å²) >= 11 is 7.17. The van der Waals surface area contributed by atoms with Gasteiger partial charge in [-0.1, -0.05) is 11.6 Å². The zero-order valence-corrected chi connectivity index (χ0v) is 8.96. The summed E-state index contributed by atoms with van der Waals surface area (Å²) in [7, 11) is 0. The second-order valence-electron chi connectivity index (χ2n) is 2.43. The molecule has 0 saturated carbocycles. The molecular formula is C8H10ClNO2S. The lowest BCUT2D eigenvalue weighted by atomic mass is 10.3. The maximum Gasteiger partial charge on any atom is 0.342 e. The van der Waals surface area contributed by atoms with Gasteiger partial charge in [-0.15, -0.1) is 11.3 Å². The Hall–Kier alpha value is -0.740. The van der Waals surface area contributed by atoms with Gasteiger partial charge in [0.05, 0.1) is 11.6 Å². The van der Waals surface area contributed by atoms with Crippen LogP contribution in [0.1, 0.15) is 22.2 Å². The quantitative estimate of drug-likeness (QED) is 0.778. The maximum absolute atomic E-state index is 11.3. The third-order valence-corrected chi connectivity index (χ3v) is 3.04. The number of carbonyl (C=O) groups excluding carboxylic acids is 1. The van der Waals surface area contributed by atoms with E-state index in [1.807, 2.05) is 6.92 Å². The number of rotatable bonds is 2. The standard InChI is InChI=1S/C8H10ClNO2S/c1-3-12-8(11)5-6(9)4(2)13-7(5)10/h3,10H2,1-2H3. The molecule has 72 valence electrons. The lowest BCUT2D eigenvalue weighted by Gasteiger charge is -2.00. The van der Waals surface area contributed by atoms with Crippen LogP contribution in [0.4, 0.5) is 5.00 Å². The van der Waals surface area contributed by atoms with Crippen molar-refractivity contribution in [1.82, 2.24) is 0 Å². The lowest BCUT2D eigenvalue weighted by Crippen LogP contribution is -2.06. The zero-order valence-electron chi connectivity index (χ0n) is 7.39.